The number of anilines is 1. The molecule has 1 aromatic heterocycles. The summed E-state index contributed by atoms with van der Waals surface area (Å²) in [4.78, 5) is 20.5. The first-order valence-electron chi connectivity index (χ1n) is 6.69. The molecule has 0 atom stereocenters. The van der Waals surface area contributed by atoms with Crippen LogP contribution in [-0.2, 0) is 6.42 Å². The monoisotopic (exact) mass is 305 g/mol. The highest BCUT2D eigenvalue weighted by Gasteiger charge is 2.22. The molecule has 0 unspecified atom stereocenters. The van der Waals surface area contributed by atoms with Gasteiger partial charge in [-0.25, -0.2) is 14.4 Å². The maximum atomic E-state index is 13.2. The first-order valence-corrected chi connectivity index (χ1v) is 7.07. The molecule has 21 heavy (non-hydrogen) atoms. The first kappa shape index (κ1) is 13.9. The standard InChI is InChI=1S/C15H13ClFN3O/c16-13-4-3-10(17)6-12(13)15(21)20-11-7-18-14(19-8-11)5-9-1-2-9/h3-4,6-9H,1-2,5H2,(H,20,21). The summed E-state index contributed by atoms with van der Waals surface area (Å²) in [5.74, 6) is 0.481. The van der Waals surface area contributed by atoms with Gasteiger partial charge in [0.05, 0.1) is 28.7 Å². The lowest BCUT2D eigenvalue weighted by Crippen LogP contribution is -2.13. The van der Waals surface area contributed by atoms with Crippen LogP contribution in [0.4, 0.5) is 10.1 Å². The Bertz CT molecular complexity index is 671. The zero-order valence-electron chi connectivity index (χ0n) is 11.1. The molecule has 0 aliphatic heterocycles. The van der Waals surface area contributed by atoms with Gasteiger partial charge in [-0.15, -0.1) is 0 Å². The summed E-state index contributed by atoms with van der Waals surface area (Å²) in [5, 5.41) is 2.80. The normalized spacial score (nSPS) is 14.0. The van der Waals surface area contributed by atoms with Crippen LogP contribution in [0.5, 0.6) is 0 Å². The van der Waals surface area contributed by atoms with E-state index < -0.39 is 11.7 Å². The molecule has 1 N–H and O–H groups in total. The molecule has 1 heterocycles. The van der Waals surface area contributed by atoms with E-state index in [9.17, 15) is 9.18 Å². The van der Waals surface area contributed by atoms with Gasteiger partial charge in [-0.2, -0.15) is 0 Å². The minimum atomic E-state index is -0.513. The molecule has 1 aromatic carbocycles. The van der Waals surface area contributed by atoms with Gasteiger partial charge in [-0.05, 0) is 37.0 Å². The Morgan fingerprint density at radius 3 is 2.71 bits per heavy atom. The van der Waals surface area contributed by atoms with Gasteiger partial charge in [0.25, 0.3) is 5.91 Å². The van der Waals surface area contributed by atoms with Crippen molar-refractivity contribution in [1.29, 1.82) is 0 Å². The van der Waals surface area contributed by atoms with Crippen LogP contribution in [-0.4, -0.2) is 15.9 Å². The molecule has 0 saturated heterocycles. The van der Waals surface area contributed by atoms with E-state index >= 15 is 0 Å². The van der Waals surface area contributed by atoms with Gasteiger partial charge in [-0.3, -0.25) is 4.79 Å². The summed E-state index contributed by atoms with van der Waals surface area (Å²) in [6.45, 7) is 0. The Hall–Kier alpha value is -2.01. The van der Waals surface area contributed by atoms with Crippen molar-refractivity contribution in [2.24, 2.45) is 5.92 Å². The molecule has 1 aliphatic rings. The second kappa shape index (κ2) is 5.77. The number of hydrogen-bond donors (Lipinski definition) is 1. The summed E-state index contributed by atoms with van der Waals surface area (Å²) in [5.41, 5.74) is 0.540. The number of carbonyl (C=O) groups is 1. The first-order chi connectivity index (χ1) is 10.1. The molecule has 0 spiro atoms. The van der Waals surface area contributed by atoms with Crippen molar-refractivity contribution >= 4 is 23.2 Å². The van der Waals surface area contributed by atoms with Crippen LogP contribution >= 0.6 is 11.6 Å². The van der Waals surface area contributed by atoms with E-state index in [1.165, 1.54) is 25.0 Å². The quantitative estimate of drug-likeness (QED) is 0.941. The van der Waals surface area contributed by atoms with E-state index in [1.807, 2.05) is 0 Å². The Kier molecular flexibility index (Phi) is 3.84. The number of hydrogen-bond acceptors (Lipinski definition) is 3. The lowest BCUT2D eigenvalue weighted by atomic mass is 10.2. The topological polar surface area (TPSA) is 54.9 Å². The van der Waals surface area contributed by atoms with Crippen molar-refractivity contribution in [3.05, 3.63) is 52.8 Å². The lowest BCUT2D eigenvalue weighted by Gasteiger charge is -2.07. The smallest absolute Gasteiger partial charge is 0.257 e. The zero-order chi connectivity index (χ0) is 14.8. The number of nitrogens with one attached hydrogen (secondary N) is 1. The number of aromatic nitrogens is 2. The third-order valence-corrected chi connectivity index (χ3v) is 3.63. The summed E-state index contributed by atoms with van der Waals surface area (Å²) in [7, 11) is 0. The van der Waals surface area contributed by atoms with Crippen LogP contribution in [0.15, 0.2) is 30.6 Å². The third kappa shape index (κ3) is 3.55. The maximum absolute atomic E-state index is 13.2. The average molecular weight is 306 g/mol. The van der Waals surface area contributed by atoms with Crippen molar-refractivity contribution in [1.82, 2.24) is 9.97 Å². The summed E-state index contributed by atoms with van der Waals surface area (Å²) < 4.78 is 13.2. The maximum Gasteiger partial charge on any atom is 0.257 e. The fourth-order valence-corrected chi connectivity index (χ4v) is 2.18. The van der Waals surface area contributed by atoms with Crippen LogP contribution in [0.25, 0.3) is 0 Å². The Balaban J connectivity index is 1.70. The molecule has 0 bridgehead atoms. The molecule has 1 fully saturated rings. The minimum Gasteiger partial charge on any atom is -0.319 e. The van der Waals surface area contributed by atoms with Crippen LogP contribution in [0.2, 0.25) is 5.02 Å². The van der Waals surface area contributed by atoms with Crippen LogP contribution < -0.4 is 5.32 Å². The molecule has 6 heteroatoms. The third-order valence-electron chi connectivity index (χ3n) is 3.30. The van der Waals surface area contributed by atoms with Crippen molar-refractivity contribution in [2.75, 3.05) is 5.32 Å². The van der Waals surface area contributed by atoms with Gasteiger partial charge in [0.15, 0.2) is 0 Å². The molecule has 108 valence electrons. The number of amides is 1. The molecule has 1 aliphatic carbocycles. The van der Waals surface area contributed by atoms with Crippen molar-refractivity contribution < 1.29 is 9.18 Å². The van der Waals surface area contributed by atoms with Crippen LogP contribution in [0.1, 0.15) is 29.0 Å². The van der Waals surface area contributed by atoms with E-state index in [0.717, 1.165) is 18.3 Å². The molecular formula is C15H13ClFN3O. The highest BCUT2D eigenvalue weighted by atomic mass is 35.5. The Labute approximate surface area is 126 Å². The number of rotatable bonds is 4. The van der Waals surface area contributed by atoms with E-state index in [4.69, 9.17) is 11.6 Å². The van der Waals surface area contributed by atoms with Crippen LogP contribution in [0, 0.1) is 11.7 Å². The van der Waals surface area contributed by atoms with Crippen molar-refractivity contribution in [3.63, 3.8) is 0 Å². The SMILES string of the molecule is O=C(Nc1cnc(CC2CC2)nc1)c1cc(F)ccc1Cl. The highest BCUT2D eigenvalue weighted by Crippen LogP contribution is 2.31. The number of nitrogens with zero attached hydrogens (tertiary/aromatic N) is 2. The molecule has 4 nitrogen and oxygen atoms in total. The van der Waals surface area contributed by atoms with Crippen LogP contribution in [0.3, 0.4) is 0 Å². The number of benzene rings is 1. The predicted molar refractivity (Wildman–Crippen MR) is 77.8 cm³/mol. The molecule has 3 rings (SSSR count). The number of carbonyl (C=O) groups excluding carboxylic acids is 1. The highest BCUT2D eigenvalue weighted by molar-refractivity contribution is 6.34. The van der Waals surface area contributed by atoms with Gasteiger partial charge >= 0.3 is 0 Å². The summed E-state index contributed by atoms with van der Waals surface area (Å²) >= 11 is 5.89. The van der Waals surface area contributed by atoms with Gasteiger partial charge < -0.3 is 5.32 Å². The second-order valence-corrected chi connectivity index (χ2v) is 5.52. The summed E-state index contributed by atoms with van der Waals surface area (Å²) in [6, 6.07) is 3.65. The fraction of sp³-hybridized carbons (Fsp3) is 0.267. The second-order valence-electron chi connectivity index (χ2n) is 5.11. The molecule has 2 aromatic rings. The van der Waals surface area contributed by atoms with Gasteiger partial charge in [0.1, 0.15) is 11.6 Å². The Morgan fingerprint density at radius 2 is 2.05 bits per heavy atom. The Morgan fingerprint density at radius 1 is 1.33 bits per heavy atom. The van der Waals surface area contributed by atoms with Gasteiger partial charge in [0.2, 0.25) is 0 Å². The van der Waals surface area contributed by atoms with Crippen molar-refractivity contribution in [2.45, 2.75) is 19.3 Å². The molecule has 0 radical (unpaired) electrons. The van der Waals surface area contributed by atoms with E-state index in [2.05, 4.69) is 15.3 Å². The van der Waals surface area contributed by atoms with E-state index in [-0.39, 0.29) is 10.6 Å². The number of halogens is 2. The van der Waals surface area contributed by atoms with Gasteiger partial charge in [0, 0.05) is 6.42 Å². The predicted octanol–water partition coefficient (Wildman–Crippen LogP) is 3.47. The summed E-state index contributed by atoms with van der Waals surface area (Å²) in [6.07, 6.45) is 6.45. The van der Waals surface area contributed by atoms with E-state index in [0.29, 0.717) is 11.6 Å². The zero-order valence-corrected chi connectivity index (χ0v) is 11.9. The fourth-order valence-electron chi connectivity index (χ4n) is 1.97. The molecule has 1 amide bonds. The molecule has 1 saturated carbocycles. The lowest BCUT2D eigenvalue weighted by molar-refractivity contribution is 0.102. The van der Waals surface area contributed by atoms with Crippen molar-refractivity contribution in [3.8, 4) is 0 Å². The molecular weight excluding hydrogens is 293 g/mol. The minimum absolute atomic E-state index is 0.0822. The largest absolute Gasteiger partial charge is 0.319 e. The van der Waals surface area contributed by atoms with Gasteiger partial charge in [-0.1, -0.05) is 11.6 Å². The van der Waals surface area contributed by atoms with E-state index in [1.54, 1.807) is 12.4 Å². The average Bonchev–Trinajstić information content (AvgIpc) is 3.27.